The third-order valence-corrected chi connectivity index (χ3v) is 6.26. The van der Waals surface area contributed by atoms with Crippen molar-refractivity contribution >= 4 is 17.6 Å². The van der Waals surface area contributed by atoms with Crippen LogP contribution >= 0.6 is 0 Å². The number of rotatable bonds is 8. The molecule has 1 heterocycles. The molecule has 2 fully saturated rings. The number of nitriles is 1. The van der Waals surface area contributed by atoms with Crippen LogP contribution in [-0.2, 0) is 9.59 Å². The van der Waals surface area contributed by atoms with E-state index in [-0.39, 0.29) is 35.7 Å². The van der Waals surface area contributed by atoms with Gasteiger partial charge in [-0.2, -0.15) is 5.26 Å². The molecule has 31 heavy (non-hydrogen) atoms. The first-order valence-corrected chi connectivity index (χ1v) is 10.7. The highest BCUT2D eigenvalue weighted by Crippen LogP contribution is 2.31. The molecule has 0 spiro atoms. The summed E-state index contributed by atoms with van der Waals surface area (Å²) in [6, 6.07) is 12.8. The van der Waals surface area contributed by atoms with E-state index in [0.29, 0.717) is 12.8 Å². The van der Waals surface area contributed by atoms with Crippen molar-refractivity contribution in [3.8, 4) is 6.07 Å². The summed E-state index contributed by atoms with van der Waals surface area (Å²) in [5, 5.41) is 23.1. The molecule has 1 aliphatic carbocycles. The molecule has 1 aromatic rings. The predicted octanol–water partition coefficient (Wildman–Crippen LogP) is 1.96. The molecule has 8 heteroatoms. The van der Waals surface area contributed by atoms with Gasteiger partial charge in [-0.1, -0.05) is 30.3 Å². The Bertz CT molecular complexity index is 892. The number of nitrogens with one attached hydrogen (secondary N) is 3. The highest BCUT2D eigenvalue weighted by atomic mass is 16.2. The number of benzene rings is 1. The molecule has 8 nitrogen and oxygen atoms in total. The minimum absolute atomic E-state index is 0.0803. The lowest BCUT2D eigenvalue weighted by Crippen LogP contribution is -2.52. The molecule has 1 atom stereocenters. The topological polar surface area (TPSA) is 135 Å². The first kappa shape index (κ1) is 22.5. The molecule has 0 aromatic heterocycles. The quantitative estimate of drug-likeness (QED) is 0.288. The molecule has 164 valence electrons. The number of nitrogens with zero attached hydrogens (tertiary/aromatic N) is 2. The number of carbonyl (C=O) groups excluding carboxylic acids is 2. The van der Waals surface area contributed by atoms with Crippen LogP contribution in [0.1, 0.15) is 50.6 Å². The normalized spacial score (nSPS) is 19.7. The third-order valence-electron chi connectivity index (χ3n) is 6.26. The number of piperidine rings is 1. The Morgan fingerprint density at radius 1 is 1.32 bits per heavy atom. The van der Waals surface area contributed by atoms with Crippen molar-refractivity contribution in [3.63, 3.8) is 0 Å². The Balaban J connectivity index is 1.66. The van der Waals surface area contributed by atoms with Gasteiger partial charge in [-0.15, -0.1) is 0 Å². The zero-order valence-electron chi connectivity index (χ0n) is 17.9. The van der Waals surface area contributed by atoms with E-state index in [1.54, 1.807) is 0 Å². The first-order valence-electron chi connectivity index (χ1n) is 10.7. The monoisotopic (exact) mass is 422 g/mol. The Hall–Kier alpha value is -3.18. The van der Waals surface area contributed by atoms with Gasteiger partial charge in [0.2, 0.25) is 5.91 Å². The number of carbonyl (C=O) groups is 2. The van der Waals surface area contributed by atoms with Crippen LogP contribution in [0.5, 0.6) is 0 Å². The lowest BCUT2D eigenvalue weighted by Gasteiger charge is -2.43. The lowest BCUT2D eigenvalue weighted by molar-refractivity contribution is -0.120. The van der Waals surface area contributed by atoms with Crippen LogP contribution in [0.25, 0.3) is 0 Å². The fourth-order valence-corrected chi connectivity index (χ4v) is 3.94. The van der Waals surface area contributed by atoms with E-state index in [1.165, 1.54) is 11.8 Å². The van der Waals surface area contributed by atoms with E-state index in [2.05, 4.69) is 40.7 Å². The van der Waals surface area contributed by atoms with Gasteiger partial charge in [0.05, 0.1) is 23.6 Å². The van der Waals surface area contributed by atoms with Crippen LogP contribution in [0.2, 0.25) is 0 Å². The summed E-state index contributed by atoms with van der Waals surface area (Å²) in [7, 11) is 0. The number of amides is 2. The summed E-state index contributed by atoms with van der Waals surface area (Å²) >= 11 is 0. The Labute approximate surface area is 183 Å². The van der Waals surface area contributed by atoms with Crippen molar-refractivity contribution in [2.45, 2.75) is 50.6 Å². The van der Waals surface area contributed by atoms with Gasteiger partial charge in [-0.3, -0.25) is 19.9 Å². The minimum atomic E-state index is -0.796. The second kappa shape index (κ2) is 9.75. The van der Waals surface area contributed by atoms with Crippen LogP contribution in [0.3, 0.4) is 0 Å². The maximum absolute atomic E-state index is 11.9. The molecule has 0 radical (unpaired) electrons. The Morgan fingerprint density at radius 2 is 1.97 bits per heavy atom. The number of hydrogen-bond donors (Lipinski definition) is 4. The van der Waals surface area contributed by atoms with Gasteiger partial charge in [0.1, 0.15) is 5.84 Å². The van der Waals surface area contributed by atoms with Crippen LogP contribution in [-0.4, -0.2) is 41.2 Å². The summed E-state index contributed by atoms with van der Waals surface area (Å²) in [5.74, 6) is -1.44. The highest BCUT2D eigenvalue weighted by molar-refractivity contribution is 6.22. The van der Waals surface area contributed by atoms with Gasteiger partial charge in [0.25, 0.3) is 5.91 Å². The second-order valence-corrected chi connectivity index (χ2v) is 8.44. The lowest BCUT2D eigenvalue weighted by atomic mass is 9.84. The van der Waals surface area contributed by atoms with Crippen molar-refractivity contribution < 1.29 is 9.59 Å². The molecule has 1 aromatic carbocycles. The van der Waals surface area contributed by atoms with Crippen molar-refractivity contribution in [1.82, 2.24) is 15.5 Å². The molecular weight excluding hydrogens is 392 g/mol. The summed E-state index contributed by atoms with van der Waals surface area (Å²) in [5.41, 5.74) is 6.10. The van der Waals surface area contributed by atoms with Gasteiger partial charge in [-0.25, -0.2) is 0 Å². The van der Waals surface area contributed by atoms with Gasteiger partial charge < -0.3 is 16.4 Å². The zero-order valence-corrected chi connectivity index (χ0v) is 17.9. The van der Waals surface area contributed by atoms with Crippen molar-refractivity contribution in [2.24, 2.45) is 11.7 Å². The average molecular weight is 423 g/mol. The van der Waals surface area contributed by atoms with E-state index in [0.717, 1.165) is 25.9 Å². The van der Waals surface area contributed by atoms with E-state index in [9.17, 15) is 14.9 Å². The molecule has 1 aliphatic heterocycles. The summed E-state index contributed by atoms with van der Waals surface area (Å²) in [6.07, 6.45) is 4.69. The number of hydrogen-bond acceptors (Lipinski definition) is 6. The van der Waals surface area contributed by atoms with Gasteiger partial charge >= 0.3 is 0 Å². The largest absolute Gasteiger partial charge is 0.384 e. The maximum atomic E-state index is 11.9. The SMILES string of the molecule is CC(c1ccccc1)N1CCC(CC#N)(N/C=C(\C(=N)NC(=O)C2CC2)C(N)=O)CC1. The van der Waals surface area contributed by atoms with Gasteiger partial charge in [0, 0.05) is 31.2 Å². The number of nitrogens with two attached hydrogens (primary N) is 1. The average Bonchev–Trinajstić information content (AvgIpc) is 3.60. The maximum Gasteiger partial charge on any atom is 0.253 e. The second-order valence-electron chi connectivity index (χ2n) is 8.44. The molecule has 1 saturated carbocycles. The third kappa shape index (κ3) is 5.70. The summed E-state index contributed by atoms with van der Waals surface area (Å²) in [6.45, 7) is 3.76. The van der Waals surface area contributed by atoms with Crippen molar-refractivity contribution in [1.29, 1.82) is 10.7 Å². The molecule has 5 N–H and O–H groups in total. The Kier molecular flexibility index (Phi) is 7.08. The van der Waals surface area contributed by atoms with E-state index >= 15 is 0 Å². The van der Waals surface area contributed by atoms with Crippen molar-refractivity contribution in [3.05, 3.63) is 47.7 Å². The first-order chi connectivity index (χ1) is 14.8. The number of likely N-dealkylation sites (tertiary alicyclic amines) is 1. The van der Waals surface area contributed by atoms with E-state index in [1.807, 2.05) is 18.2 Å². The van der Waals surface area contributed by atoms with Crippen LogP contribution < -0.4 is 16.4 Å². The van der Waals surface area contributed by atoms with Crippen LogP contribution in [0, 0.1) is 22.7 Å². The molecule has 1 unspecified atom stereocenters. The predicted molar refractivity (Wildman–Crippen MR) is 118 cm³/mol. The highest BCUT2D eigenvalue weighted by Gasteiger charge is 2.36. The Morgan fingerprint density at radius 3 is 2.52 bits per heavy atom. The smallest absolute Gasteiger partial charge is 0.253 e. The molecule has 0 bridgehead atoms. The van der Waals surface area contributed by atoms with E-state index in [4.69, 9.17) is 11.1 Å². The number of amidine groups is 1. The fourth-order valence-electron chi connectivity index (χ4n) is 3.94. The van der Waals surface area contributed by atoms with Crippen LogP contribution in [0.15, 0.2) is 42.1 Å². The number of primary amides is 1. The van der Waals surface area contributed by atoms with Crippen molar-refractivity contribution in [2.75, 3.05) is 13.1 Å². The minimum Gasteiger partial charge on any atom is -0.384 e. The summed E-state index contributed by atoms with van der Waals surface area (Å²) in [4.78, 5) is 26.2. The standard InChI is InChI=1S/C23H30N6O2/c1-16(17-5-3-2-4-6-17)29-13-10-23(9-12-24,11-14-29)27-15-19(21(26)30)20(25)28-22(31)18-7-8-18/h2-6,15-16,18,27H,7-11,13-14H2,1H3,(H2,26,30)(H2,25,28,31)/b19-15+. The zero-order chi connectivity index (χ0) is 22.4. The molecule has 2 aliphatic rings. The molecule has 2 amide bonds. The van der Waals surface area contributed by atoms with E-state index < -0.39 is 11.4 Å². The molecular formula is C23H30N6O2. The van der Waals surface area contributed by atoms with Gasteiger partial charge in [-0.05, 0) is 38.2 Å². The molecule has 1 saturated heterocycles. The van der Waals surface area contributed by atoms with Crippen LogP contribution in [0.4, 0.5) is 0 Å². The fraction of sp³-hybridized carbons (Fsp3) is 0.478. The van der Waals surface area contributed by atoms with Gasteiger partial charge in [0.15, 0.2) is 0 Å². The molecule has 3 rings (SSSR count). The summed E-state index contributed by atoms with van der Waals surface area (Å²) < 4.78 is 0.